The SMILES string of the molecule is CS(=O)(=O)NCCNC1CCN(CCc2ccccc2)C1. The molecule has 118 valence electrons. The first-order valence-corrected chi connectivity index (χ1v) is 9.36. The highest BCUT2D eigenvalue weighted by Gasteiger charge is 2.21. The summed E-state index contributed by atoms with van der Waals surface area (Å²) >= 11 is 0. The molecule has 1 aromatic carbocycles. The molecule has 6 heteroatoms. The third-order valence-corrected chi connectivity index (χ3v) is 4.48. The Morgan fingerprint density at radius 3 is 2.71 bits per heavy atom. The van der Waals surface area contributed by atoms with Crippen LogP contribution in [0.2, 0.25) is 0 Å². The Bertz CT molecular complexity index is 519. The van der Waals surface area contributed by atoms with Gasteiger partial charge in [-0.2, -0.15) is 0 Å². The van der Waals surface area contributed by atoms with Gasteiger partial charge in [0.15, 0.2) is 0 Å². The molecule has 2 rings (SSSR count). The molecule has 0 saturated carbocycles. The van der Waals surface area contributed by atoms with Crippen molar-refractivity contribution in [2.24, 2.45) is 0 Å². The minimum absolute atomic E-state index is 0.458. The van der Waals surface area contributed by atoms with E-state index in [1.807, 2.05) is 6.07 Å². The van der Waals surface area contributed by atoms with Gasteiger partial charge in [-0.1, -0.05) is 30.3 Å². The smallest absolute Gasteiger partial charge is 0.208 e. The molecule has 1 unspecified atom stereocenters. The van der Waals surface area contributed by atoms with E-state index in [0.29, 0.717) is 19.1 Å². The van der Waals surface area contributed by atoms with Gasteiger partial charge in [0.25, 0.3) is 0 Å². The quantitative estimate of drug-likeness (QED) is 0.684. The van der Waals surface area contributed by atoms with Crippen molar-refractivity contribution >= 4 is 10.0 Å². The van der Waals surface area contributed by atoms with E-state index in [9.17, 15) is 8.42 Å². The molecule has 1 aliphatic rings. The predicted molar refractivity (Wildman–Crippen MR) is 85.8 cm³/mol. The summed E-state index contributed by atoms with van der Waals surface area (Å²) in [6.45, 7) is 4.39. The minimum atomic E-state index is -3.07. The largest absolute Gasteiger partial charge is 0.311 e. The van der Waals surface area contributed by atoms with Crippen LogP contribution in [0.1, 0.15) is 12.0 Å². The molecule has 0 radical (unpaired) electrons. The molecule has 0 bridgehead atoms. The molecule has 5 nitrogen and oxygen atoms in total. The lowest BCUT2D eigenvalue weighted by atomic mass is 10.1. The molecule has 0 amide bonds. The highest BCUT2D eigenvalue weighted by Crippen LogP contribution is 2.10. The van der Waals surface area contributed by atoms with Crippen LogP contribution in [0.15, 0.2) is 30.3 Å². The molecular formula is C15H25N3O2S. The average Bonchev–Trinajstić information content (AvgIpc) is 2.89. The molecule has 2 N–H and O–H groups in total. The van der Waals surface area contributed by atoms with Crippen LogP contribution in [0.25, 0.3) is 0 Å². The van der Waals surface area contributed by atoms with Crippen LogP contribution in [-0.4, -0.2) is 58.3 Å². The molecule has 1 fully saturated rings. The van der Waals surface area contributed by atoms with Crippen LogP contribution in [-0.2, 0) is 16.4 Å². The number of sulfonamides is 1. The Morgan fingerprint density at radius 2 is 2.00 bits per heavy atom. The average molecular weight is 311 g/mol. The zero-order valence-electron chi connectivity index (χ0n) is 12.6. The maximum Gasteiger partial charge on any atom is 0.208 e. The van der Waals surface area contributed by atoms with Crippen LogP contribution < -0.4 is 10.0 Å². The first-order valence-electron chi connectivity index (χ1n) is 7.47. The zero-order chi connectivity index (χ0) is 15.1. The summed E-state index contributed by atoms with van der Waals surface area (Å²) in [5, 5.41) is 3.41. The van der Waals surface area contributed by atoms with E-state index in [2.05, 4.69) is 39.2 Å². The second-order valence-corrected chi connectivity index (χ2v) is 7.48. The van der Waals surface area contributed by atoms with E-state index in [0.717, 1.165) is 32.5 Å². The molecule has 0 spiro atoms. The van der Waals surface area contributed by atoms with Crippen LogP contribution in [0.5, 0.6) is 0 Å². The topological polar surface area (TPSA) is 61.4 Å². The van der Waals surface area contributed by atoms with E-state index in [-0.39, 0.29) is 0 Å². The van der Waals surface area contributed by atoms with Gasteiger partial charge in [-0.25, -0.2) is 13.1 Å². The van der Waals surface area contributed by atoms with Gasteiger partial charge in [0, 0.05) is 32.2 Å². The van der Waals surface area contributed by atoms with Gasteiger partial charge < -0.3 is 10.2 Å². The third kappa shape index (κ3) is 6.56. The van der Waals surface area contributed by atoms with Crippen molar-refractivity contribution in [3.8, 4) is 0 Å². The number of nitrogens with one attached hydrogen (secondary N) is 2. The van der Waals surface area contributed by atoms with Crippen molar-refractivity contribution in [1.29, 1.82) is 0 Å². The Balaban J connectivity index is 1.60. The van der Waals surface area contributed by atoms with Crippen molar-refractivity contribution in [1.82, 2.24) is 14.9 Å². The first-order chi connectivity index (χ1) is 10.0. The summed E-state index contributed by atoms with van der Waals surface area (Å²) in [6.07, 6.45) is 3.41. The number of hydrogen-bond donors (Lipinski definition) is 2. The fourth-order valence-electron chi connectivity index (χ4n) is 2.65. The van der Waals surface area contributed by atoms with E-state index in [4.69, 9.17) is 0 Å². The van der Waals surface area contributed by atoms with E-state index < -0.39 is 10.0 Å². The van der Waals surface area contributed by atoms with Crippen LogP contribution in [0.3, 0.4) is 0 Å². The van der Waals surface area contributed by atoms with Crippen LogP contribution in [0, 0.1) is 0 Å². The molecule has 1 aromatic rings. The van der Waals surface area contributed by atoms with Gasteiger partial charge in [0.05, 0.1) is 6.26 Å². The molecule has 1 atom stereocenters. The van der Waals surface area contributed by atoms with E-state index in [1.54, 1.807) is 0 Å². The fourth-order valence-corrected chi connectivity index (χ4v) is 3.12. The number of benzene rings is 1. The highest BCUT2D eigenvalue weighted by molar-refractivity contribution is 7.88. The van der Waals surface area contributed by atoms with Crippen molar-refractivity contribution in [2.45, 2.75) is 18.9 Å². The van der Waals surface area contributed by atoms with Gasteiger partial charge in [-0.3, -0.25) is 0 Å². The Hall–Kier alpha value is -0.950. The zero-order valence-corrected chi connectivity index (χ0v) is 13.4. The van der Waals surface area contributed by atoms with E-state index >= 15 is 0 Å². The molecule has 0 aromatic heterocycles. The van der Waals surface area contributed by atoms with Crippen LogP contribution in [0.4, 0.5) is 0 Å². The maximum absolute atomic E-state index is 11.0. The Kier molecular flexibility index (Phi) is 6.17. The van der Waals surface area contributed by atoms with Gasteiger partial charge in [0.2, 0.25) is 10.0 Å². The van der Waals surface area contributed by atoms with Gasteiger partial charge >= 0.3 is 0 Å². The minimum Gasteiger partial charge on any atom is -0.311 e. The summed E-state index contributed by atoms with van der Waals surface area (Å²) in [5.74, 6) is 0. The summed E-state index contributed by atoms with van der Waals surface area (Å²) in [7, 11) is -3.07. The van der Waals surface area contributed by atoms with E-state index in [1.165, 1.54) is 11.8 Å². The molecule has 21 heavy (non-hydrogen) atoms. The monoisotopic (exact) mass is 311 g/mol. The van der Waals surface area contributed by atoms with Gasteiger partial charge in [-0.15, -0.1) is 0 Å². The Morgan fingerprint density at radius 1 is 1.24 bits per heavy atom. The summed E-state index contributed by atoms with van der Waals surface area (Å²) in [6, 6.07) is 11.0. The normalized spacial score (nSPS) is 20.0. The Labute approximate surface area is 127 Å². The number of nitrogens with zero attached hydrogens (tertiary/aromatic N) is 1. The number of rotatable bonds is 8. The maximum atomic E-state index is 11.0. The van der Waals surface area contributed by atoms with Crippen molar-refractivity contribution in [2.75, 3.05) is 39.0 Å². The molecule has 0 aliphatic carbocycles. The molecule has 1 heterocycles. The summed E-state index contributed by atoms with van der Waals surface area (Å²) in [4.78, 5) is 2.47. The second-order valence-electron chi connectivity index (χ2n) is 5.64. The molecule has 1 aliphatic heterocycles. The van der Waals surface area contributed by atoms with Gasteiger partial charge in [0.1, 0.15) is 0 Å². The lowest BCUT2D eigenvalue weighted by Crippen LogP contribution is -2.38. The predicted octanol–water partition coefficient (Wildman–Crippen LogP) is 0.442. The standard InChI is InChI=1S/C15H25N3O2S/c1-21(19,20)17-10-9-16-15-8-12-18(13-15)11-7-14-5-3-2-4-6-14/h2-6,15-17H,7-13H2,1H3. The lowest BCUT2D eigenvalue weighted by Gasteiger charge is -2.16. The van der Waals surface area contributed by atoms with Crippen molar-refractivity contribution in [3.05, 3.63) is 35.9 Å². The molecular weight excluding hydrogens is 286 g/mol. The number of likely N-dealkylation sites (tertiary alicyclic amines) is 1. The van der Waals surface area contributed by atoms with Crippen molar-refractivity contribution < 1.29 is 8.42 Å². The van der Waals surface area contributed by atoms with Gasteiger partial charge in [-0.05, 0) is 24.9 Å². The summed E-state index contributed by atoms with van der Waals surface area (Å²) < 4.78 is 24.4. The lowest BCUT2D eigenvalue weighted by molar-refractivity contribution is 0.332. The summed E-state index contributed by atoms with van der Waals surface area (Å²) in [5.41, 5.74) is 1.38. The highest BCUT2D eigenvalue weighted by atomic mass is 32.2. The van der Waals surface area contributed by atoms with Crippen LogP contribution >= 0.6 is 0 Å². The number of hydrogen-bond acceptors (Lipinski definition) is 4. The second kappa shape index (κ2) is 7.89. The fraction of sp³-hybridized carbons (Fsp3) is 0.600. The van der Waals surface area contributed by atoms with Crippen molar-refractivity contribution in [3.63, 3.8) is 0 Å². The first kappa shape index (κ1) is 16.4. The molecule has 1 saturated heterocycles. The third-order valence-electron chi connectivity index (χ3n) is 3.75.